The second-order valence-electron chi connectivity index (χ2n) is 12.7. The number of ether oxygens (including phenoxy) is 1. The highest BCUT2D eigenvalue weighted by atomic mass is 16.5. The van der Waals surface area contributed by atoms with E-state index in [1.807, 2.05) is 12.3 Å². The summed E-state index contributed by atoms with van der Waals surface area (Å²) < 4.78 is 5.49. The van der Waals surface area contributed by atoms with Crippen LogP contribution in [0.2, 0.25) is 0 Å². The monoisotopic (exact) mass is 622 g/mol. The van der Waals surface area contributed by atoms with E-state index in [-0.39, 0.29) is 0 Å². The van der Waals surface area contributed by atoms with Gasteiger partial charge in [-0.2, -0.15) is 0 Å². The van der Waals surface area contributed by atoms with E-state index in [9.17, 15) is 9.90 Å². The Morgan fingerprint density at radius 2 is 1.80 bits per heavy atom. The molecule has 0 aliphatic carbocycles. The third kappa shape index (κ3) is 7.17. The molecule has 9 nitrogen and oxygen atoms in total. The SMILES string of the molecule is Cc1c(Nc2nccc3cc(CN4CCCCC4C(=O)O)cnc23)cccc1-c1cccc(N(C)CCCN2CCOCC2)c1C. The fraction of sp³-hybridized carbons (Fsp3) is 0.432. The standard InChI is InChI=1S/C37H46N6O3/c1-26-30(31-10-7-13-33(27(31)2)41(3)16-8-17-42-19-21-46-22-20-42)9-6-11-32(26)40-36-35-29(14-15-38-36)23-28(24-39-35)25-43-18-5-4-12-34(43)37(44)45/h6-7,9-11,13-15,23-24,34H,4-5,8,12,16-22,25H2,1-3H3,(H,38,40)(H,44,45). The number of hydrogen-bond acceptors (Lipinski definition) is 8. The van der Waals surface area contributed by atoms with Gasteiger partial charge in [-0.15, -0.1) is 0 Å². The molecule has 0 amide bonds. The van der Waals surface area contributed by atoms with Crippen LogP contribution in [0.15, 0.2) is 60.9 Å². The second kappa shape index (κ2) is 14.6. The van der Waals surface area contributed by atoms with E-state index in [1.54, 1.807) is 6.20 Å². The van der Waals surface area contributed by atoms with Gasteiger partial charge in [0.2, 0.25) is 0 Å². The van der Waals surface area contributed by atoms with Gasteiger partial charge in [0.15, 0.2) is 5.82 Å². The van der Waals surface area contributed by atoms with Crippen LogP contribution >= 0.6 is 0 Å². The number of aliphatic carboxylic acids is 1. The molecule has 242 valence electrons. The van der Waals surface area contributed by atoms with Crippen molar-refractivity contribution >= 4 is 34.1 Å². The van der Waals surface area contributed by atoms with E-state index < -0.39 is 12.0 Å². The molecule has 1 unspecified atom stereocenters. The van der Waals surface area contributed by atoms with Gasteiger partial charge >= 0.3 is 5.97 Å². The average Bonchev–Trinajstić information content (AvgIpc) is 3.06. The molecule has 1 atom stereocenters. The first-order chi connectivity index (χ1) is 22.4. The van der Waals surface area contributed by atoms with Crippen molar-refractivity contribution in [3.63, 3.8) is 0 Å². The maximum Gasteiger partial charge on any atom is 0.320 e. The Balaban J connectivity index is 1.19. The predicted molar refractivity (Wildman–Crippen MR) is 185 cm³/mol. The van der Waals surface area contributed by atoms with Gasteiger partial charge in [0.1, 0.15) is 11.6 Å². The van der Waals surface area contributed by atoms with Crippen molar-refractivity contribution in [2.24, 2.45) is 0 Å². The molecule has 46 heavy (non-hydrogen) atoms. The molecule has 0 saturated carbocycles. The minimum Gasteiger partial charge on any atom is -0.480 e. The number of carboxylic acid groups (broad SMARTS) is 1. The van der Waals surface area contributed by atoms with Gasteiger partial charge in [-0.1, -0.05) is 30.7 Å². The van der Waals surface area contributed by atoms with Crippen LogP contribution < -0.4 is 10.2 Å². The van der Waals surface area contributed by atoms with Crippen molar-refractivity contribution in [2.75, 3.05) is 63.2 Å². The summed E-state index contributed by atoms with van der Waals surface area (Å²) in [6.45, 7) is 11.6. The highest BCUT2D eigenvalue weighted by Gasteiger charge is 2.28. The molecular weight excluding hydrogens is 576 g/mol. The fourth-order valence-corrected chi connectivity index (χ4v) is 6.97. The fourth-order valence-electron chi connectivity index (χ4n) is 6.97. The Kier molecular flexibility index (Phi) is 10.1. The highest BCUT2D eigenvalue weighted by molar-refractivity contribution is 5.91. The van der Waals surface area contributed by atoms with Gasteiger partial charge in [0, 0.05) is 68.9 Å². The molecule has 2 saturated heterocycles. The van der Waals surface area contributed by atoms with Crippen LogP contribution in [0.4, 0.5) is 17.2 Å². The van der Waals surface area contributed by atoms with Crippen molar-refractivity contribution in [1.29, 1.82) is 0 Å². The van der Waals surface area contributed by atoms with E-state index in [0.29, 0.717) is 18.8 Å². The normalized spacial score (nSPS) is 17.7. The van der Waals surface area contributed by atoms with E-state index in [0.717, 1.165) is 92.9 Å². The number of carbonyl (C=O) groups is 1. The number of nitrogens with zero attached hydrogens (tertiary/aromatic N) is 5. The summed E-state index contributed by atoms with van der Waals surface area (Å²) in [7, 11) is 2.19. The Hall–Kier alpha value is -4.05. The number of nitrogens with one attached hydrogen (secondary N) is 1. The van der Waals surface area contributed by atoms with Crippen LogP contribution in [-0.2, 0) is 16.1 Å². The number of carboxylic acids is 1. The zero-order valence-electron chi connectivity index (χ0n) is 27.3. The number of aromatic nitrogens is 2. The predicted octanol–water partition coefficient (Wildman–Crippen LogP) is 6.25. The van der Waals surface area contributed by atoms with Gasteiger partial charge in [0.25, 0.3) is 0 Å². The van der Waals surface area contributed by atoms with E-state index >= 15 is 0 Å². The van der Waals surface area contributed by atoms with Gasteiger partial charge in [-0.25, -0.2) is 4.98 Å². The summed E-state index contributed by atoms with van der Waals surface area (Å²) in [5.74, 6) is -0.0358. The van der Waals surface area contributed by atoms with Crippen molar-refractivity contribution in [3.05, 3.63) is 77.6 Å². The number of likely N-dealkylation sites (tertiary alicyclic amines) is 1. The lowest BCUT2D eigenvalue weighted by Gasteiger charge is -2.32. The maximum absolute atomic E-state index is 11.8. The molecule has 4 aromatic rings. The summed E-state index contributed by atoms with van der Waals surface area (Å²) in [5, 5.41) is 14.3. The lowest BCUT2D eigenvalue weighted by Crippen LogP contribution is -2.44. The van der Waals surface area contributed by atoms with E-state index in [1.165, 1.54) is 22.4 Å². The summed E-state index contributed by atoms with van der Waals surface area (Å²) in [6.07, 6.45) is 7.46. The summed E-state index contributed by atoms with van der Waals surface area (Å²) >= 11 is 0. The zero-order chi connectivity index (χ0) is 32.0. The molecule has 4 heterocycles. The lowest BCUT2D eigenvalue weighted by atomic mass is 9.94. The van der Waals surface area contributed by atoms with Gasteiger partial charge in [-0.3, -0.25) is 19.6 Å². The molecule has 2 aliphatic heterocycles. The molecule has 2 aromatic carbocycles. The molecule has 9 heteroatoms. The molecule has 2 aliphatic rings. The first-order valence-electron chi connectivity index (χ1n) is 16.6. The minimum absolute atomic E-state index is 0.431. The number of fused-ring (bicyclic) bond motifs is 1. The second-order valence-corrected chi connectivity index (χ2v) is 12.7. The molecule has 6 rings (SSSR count). The van der Waals surface area contributed by atoms with E-state index in [4.69, 9.17) is 9.72 Å². The van der Waals surface area contributed by atoms with Gasteiger partial charge in [0.05, 0.1) is 13.2 Å². The third-order valence-corrected chi connectivity index (χ3v) is 9.61. The Labute approximate surface area is 272 Å². The smallest absolute Gasteiger partial charge is 0.320 e. The van der Waals surface area contributed by atoms with Crippen LogP contribution in [0.3, 0.4) is 0 Å². The molecule has 0 bridgehead atoms. The molecule has 2 aromatic heterocycles. The van der Waals surface area contributed by atoms with Crippen molar-refractivity contribution in [3.8, 4) is 11.1 Å². The molecule has 0 spiro atoms. The van der Waals surface area contributed by atoms with Crippen molar-refractivity contribution < 1.29 is 14.6 Å². The van der Waals surface area contributed by atoms with Crippen LogP contribution in [-0.4, -0.2) is 89.9 Å². The number of pyridine rings is 2. The highest BCUT2D eigenvalue weighted by Crippen LogP contribution is 2.36. The van der Waals surface area contributed by atoms with Crippen LogP contribution in [0.5, 0.6) is 0 Å². The Morgan fingerprint density at radius 3 is 2.61 bits per heavy atom. The quantitative estimate of drug-likeness (QED) is 0.201. The Bertz CT molecular complexity index is 1670. The topological polar surface area (TPSA) is 94.1 Å². The number of anilines is 3. The summed E-state index contributed by atoms with van der Waals surface area (Å²) in [4.78, 5) is 28.2. The van der Waals surface area contributed by atoms with Gasteiger partial charge in [-0.05, 0) is 91.7 Å². The van der Waals surface area contributed by atoms with Crippen molar-refractivity contribution in [1.82, 2.24) is 19.8 Å². The minimum atomic E-state index is -0.741. The van der Waals surface area contributed by atoms with Crippen LogP contribution in [0.25, 0.3) is 22.0 Å². The first-order valence-corrected chi connectivity index (χ1v) is 16.6. The van der Waals surface area contributed by atoms with E-state index in [2.05, 4.69) is 88.4 Å². The molecule has 2 fully saturated rings. The lowest BCUT2D eigenvalue weighted by molar-refractivity contribution is -0.144. The van der Waals surface area contributed by atoms with Gasteiger partial charge < -0.3 is 20.1 Å². The third-order valence-electron chi connectivity index (χ3n) is 9.61. The van der Waals surface area contributed by atoms with Crippen molar-refractivity contribution in [2.45, 2.75) is 52.1 Å². The first kappa shape index (κ1) is 31.9. The number of piperidine rings is 1. The average molecular weight is 623 g/mol. The number of benzene rings is 2. The number of hydrogen-bond donors (Lipinski definition) is 2. The number of morpholine rings is 1. The molecule has 0 radical (unpaired) electrons. The Morgan fingerprint density at radius 1 is 1.02 bits per heavy atom. The molecular formula is C37H46N6O3. The number of rotatable bonds is 11. The summed E-state index contributed by atoms with van der Waals surface area (Å²) in [6, 6.07) is 16.6. The summed E-state index contributed by atoms with van der Waals surface area (Å²) in [5.41, 5.74) is 8.89. The van der Waals surface area contributed by atoms with Crippen LogP contribution in [0, 0.1) is 13.8 Å². The van der Waals surface area contributed by atoms with Crippen LogP contribution in [0.1, 0.15) is 42.4 Å². The zero-order valence-corrected chi connectivity index (χ0v) is 27.3. The maximum atomic E-state index is 11.8. The molecule has 2 N–H and O–H groups in total. The largest absolute Gasteiger partial charge is 0.480 e.